The van der Waals surface area contributed by atoms with Crippen molar-refractivity contribution in [3.05, 3.63) is 70.7 Å². The van der Waals surface area contributed by atoms with Gasteiger partial charge in [-0.15, -0.1) is 0 Å². The summed E-state index contributed by atoms with van der Waals surface area (Å²) in [6.45, 7) is 17.8. The van der Waals surface area contributed by atoms with Crippen LogP contribution < -0.4 is 21.7 Å². The molecule has 9 heterocycles. The number of nitrogens with one attached hydrogen (secondary N) is 4. The minimum absolute atomic E-state index is 0. The van der Waals surface area contributed by atoms with Crippen LogP contribution in [0.15, 0.2) is 45.7 Å². The fourth-order valence-electron chi connectivity index (χ4n) is 10.1. The monoisotopic (exact) mass is 1010 g/mol. The van der Waals surface area contributed by atoms with Crippen LogP contribution in [-0.4, -0.2) is 103 Å². The number of anilines is 2. The summed E-state index contributed by atoms with van der Waals surface area (Å²) in [7, 11) is 0. The molecule has 0 spiro atoms. The average molecular weight is 1010 g/mol. The zero-order valence-corrected chi connectivity index (χ0v) is 43.0. The van der Waals surface area contributed by atoms with Crippen molar-refractivity contribution in [3.63, 3.8) is 0 Å². The summed E-state index contributed by atoms with van der Waals surface area (Å²) in [4.78, 5) is 41.0. The number of amides is 1. The van der Waals surface area contributed by atoms with Crippen LogP contribution in [0.5, 0.6) is 0 Å². The van der Waals surface area contributed by atoms with Crippen LogP contribution in [0.1, 0.15) is 126 Å². The molecule has 5 atom stereocenters. The van der Waals surface area contributed by atoms with Crippen LogP contribution >= 0.6 is 0 Å². The van der Waals surface area contributed by atoms with E-state index >= 15 is 0 Å². The number of alkyl carbamates (subject to hydrolysis) is 1. The van der Waals surface area contributed by atoms with Crippen molar-refractivity contribution in [2.75, 3.05) is 17.2 Å². The van der Waals surface area contributed by atoms with Crippen molar-refractivity contribution in [1.29, 1.82) is 0 Å². The minimum Gasteiger partial charge on any atom is -0.444 e. The number of fused-ring (bicyclic) bond motifs is 2. The van der Waals surface area contributed by atoms with E-state index in [2.05, 4.69) is 46.4 Å². The van der Waals surface area contributed by atoms with Crippen molar-refractivity contribution in [2.24, 2.45) is 5.73 Å². The van der Waals surface area contributed by atoms with Crippen LogP contribution in [0.4, 0.5) is 16.7 Å². The highest BCUT2D eigenvalue weighted by atomic mass is 16.6. The van der Waals surface area contributed by atoms with Crippen molar-refractivity contribution >= 4 is 40.1 Å². The average Bonchev–Trinajstić information content (AvgIpc) is 4.25. The van der Waals surface area contributed by atoms with Gasteiger partial charge in [0.25, 0.3) is 0 Å². The van der Waals surface area contributed by atoms with Gasteiger partial charge in [0.15, 0.2) is 17.5 Å². The Kier molecular flexibility index (Phi) is 14.8. The normalized spacial score (nSPS) is 19.8. The Hall–Kier alpha value is -7.39. The molecule has 0 radical (unpaired) electrons. The van der Waals surface area contributed by atoms with Crippen molar-refractivity contribution < 1.29 is 23.3 Å². The first-order valence-electron chi connectivity index (χ1n) is 25.3. The lowest BCUT2D eigenvalue weighted by Gasteiger charge is -2.25. The van der Waals surface area contributed by atoms with Crippen molar-refractivity contribution in [1.82, 2.24) is 65.5 Å². The fourth-order valence-corrected chi connectivity index (χ4v) is 10.1. The topological polar surface area (TPSA) is 274 Å². The lowest BCUT2D eigenvalue weighted by atomic mass is 10.1. The van der Waals surface area contributed by atoms with E-state index in [0.29, 0.717) is 24.2 Å². The van der Waals surface area contributed by atoms with Crippen LogP contribution in [-0.2, 0) is 9.47 Å². The molecular weight excluding hydrogens is 941 g/mol. The highest BCUT2D eigenvalue weighted by Crippen LogP contribution is 2.37. The molecule has 0 aromatic carbocycles. The second-order valence-corrected chi connectivity index (χ2v) is 20.5. The highest BCUT2D eigenvalue weighted by molar-refractivity contribution is 5.93. The van der Waals surface area contributed by atoms with Crippen LogP contribution in [0.3, 0.4) is 0 Å². The summed E-state index contributed by atoms with van der Waals surface area (Å²) in [6.07, 6.45) is 11.9. The number of nitrogens with two attached hydrogens (primary N) is 1. The summed E-state index contributed by atoms with van der Waals surface area (Å²) in [5, 5.41) is 32.4. The van der Waals surface area contributed by atoms with Gasteiger partial charge in [0, 0.05) is 47.9 Å². The molecular formula is C53H68N16O5. The summed E-state index contributed by atoms with van der Waals surface area (Å²) >= 11 is 0. The maximum atomic E-state index is 12.5. The summed E-state index contributed by atoms with van der Waals surface area (Å²) < 4.78 is 24.2. The molecule has 1 saturated heterocycles. The standard InChI is InChI=1S/C31H40N8O4.C21H24N8O.CH4/c1-17-16-32-29(34-21-10-9-11-22(21)35-30(40)42-31(4,5)6)36-26(17)27-20-13-14-23(25-18(2)38-43-19(25)3)33-28(20)39(37-27)24-12-7-8-15-41-24;1-10-9-23-21(25-15-6-4-5-14(15)22)26-18(10)19-13-7-8-16(24-20(13)28-27-19)17-11(2)29-30-12(17)3;/h13-14,16,21-22,24H,7-12,15H2,1-6H3,(H,35,40)(H,32,34,36);7-9,14-15H,4-6,22H2,1-3H3,(H,23,25,26)(H,24,27,28);1H4/t21-,22-,24?;14-,15-;/m00./s1. The number of carbonyl (C=O) groups is 1. The predicted molar refractivity (Wildman–Crippen MR) is 282 cm³/mol. The number of ether oxygens (including phenoxy) is 2. The maximum Gasteiger partial charge on any atom is 0.407 e. The number of H-pyrrole nitrogens is 1. The van der Waals surface area contributed by atoms with E-state index in [4.69, 9.17) is 49.3 Å². The highest BCUT2D eigenvalue weighted by Gasteiger charge is 2.32. The maximum absolute atomic E-state index is 12.5. The first kappa shape index (κ1) is 51.5. The second-order valence-electron chi connectivity index (χ2n) is 20.5. The summed E-state index contributed by atoms with van der Waals surface area (Å²) in [5.41, 5.74) is 16.8. The Bertz CT molecular complexity index is 3250. The number of nitrogens with zero attached hydrogens (tertiary/aromatic N) is 11. The van der Waals surface area contributed by atoms with Gasteiger partial charge < -0.3 is 40.2 Å². The number of aryl methyl sites for hydroxylation is 6. The van der Waals surface area contributed by atoms with Gasteiger partial charge in [-0.3, -0.25) is 5.10 Å². The molecule has 1 amide bonds. The molecule has 0 bridgehead atoms. The molecule has 6 N–H and O–H groups in total. The van der Waals surface area contributed by atoms with E-state index in [1.54, 1.807) is 0 Å². The van der Waals surface area contributed by atoms with Gasteiger partial charge in [0.2, 0.25) is 11.9 Å². The molecule has 3 aliphatic rings. The Balaban J connectivity index is 0.000000190. The Labute approximate surface area is 430 Å². The Morgan fingerprint density at radius 2 is 1.32 bits per heavy atom. The molecule has 2 saturated carbocycles. The lowest BCUT2D eigenvalue weighted by Crippen LogP contribution is -2.45. The predicted octanol–water partition coefficient (Wildman–Crippen LogP) is 9.95. The molecule has 2 aliphatic carbocycles. The zero-order valence-electron chi connectivity index (χ0n) is 43.0. The van der Waals surface area contributed by atoms with Gasteiger partial charge in [-0.1, -0.05) is 17.7 Å². The van der Waals surface area contributed by atoms with Gasteiger partial charge in [0.05, 0.1) is 57.0 Å². The lowest BCUT2D eigenvalue weighted by molar-refractivity contribution is -0.0368. The third-order valence-electron chi connectivity index (χ3n) is 13.8. The molecule has 11 rings (SSSR count). The number of rotatable bonds is 10. The molecule has 8 aromatic heterocycles. The number of aromatic nitrogens is 12. The van der Waals surface area contributed by atoms with Crippen LogP contribution in [0, 0.1) is 41.5 Å². The number of carbonyl (C=O) groups excluding carboxylic acids is 1. The molecule has 1 unspecified atom stereocenters. The molecule has 3 fully saturated rings. The quantitative estimate of drug-likeness (QED) is 0.0852. The van der Waals surface area contributed by atoms with Gasteiger partial charge in [0.1, 0.15) is 22.8 Å². The third-order valence-corrected chi connectivity index (χ3v) is 13.8. The largest absolute Gasteiger partial charge is 0.444 e. The van der Waals surface area contributed by atoms with Crippen molar-refractivity contribution in [2.45, 2.75) is 164 Å². The van der Waals surface area contributed by atoms with E-state index < -0.39 is 11.7 Å². The Morgan fingerprint density at radius 3 is 1.95 bits per heavy atom. The van der Waals surface area contributed by atoms with Crippen LogP contribution in [0.2, 0.25) is 0 Å². The Morgan fingerprint density at radius 1 is 0.716 bits per heavy atom. The number of aromatic amines is 1. The molecule has 21 heteroatoms. The van der Waals surface area contributed by atoms with E-state index in [0.717, 1.165) is 154 Å². The number of hydrogen-bond acceptors (Lipinski definition) is 18. The molecule has 1 aliphatic heterocycles. The van der Waals surface area contributed by atoms with E-state index in [1.165, 1.54) is 0 Å². The first-order chi connectivity index (χ1) is 35.1. The number of pyridine rings is 2. The summed E-state index contributed by atoms with van der Waals surface area (Å²) in [5.74, 6) is 2.53. The molecule has 8 aromatic rings. The minimum atomic E-state index is -0.557. The van der Waals surface area contributed by atoms with E-state index in [1.807, 2.05) is 104 Å². The number of hydrogen-bond donors (Lipinski definition) is 5. The van der Waals surface area contributed by atoms with Crippen LogP contribution in [0.25, 0.3) is 67.4 Å². The van der Waals surface area contributed by atoms with Gasteiger partial charge in [-0.2, -0.15) is 10.2 Å². The van der Waals surface area contributed by atoms with Crippen molar-refractivity contribution in [3.8, 4) is 45.3 Å². The summed E-state index contributed by atoms with van der Waals surface area (Å²) in [6, 6.07) is 8.22. The van der Waals surface area contributed by atoms with Gasteiger partial charge in [-0.25, -0.2) is 39.4 Å². The fraction of sp³-hybridized carbons (Fsp3) is 0.491. The van der Waals surface area contributed by atoms with E-state index in [-0.39, 0.29) is 37.8 Å². The zero-order chi connectivity index (χ0) is 51.1. The third kappa shape index (κ3) is 10.7. The van der Waals surface area contributed by atoms with E-state index in [9.17, 15) is 4.79 Å². The SMILES string of the molecule is C.Cc1cnc(N[C@H]2CCC[C@@H]2N)nc1-c1[nH]nc2nc(-c3c(C)noc3C)ccc12.Cc1cnc(N[C@H]2CCC[C@@H]2NC(=O)OC(C)(C)C)nc1-c1nn(C2CCCCO2)c2nc(-c3c(C)noc3C)ccc12. The molecule has 74 heavy (non-hydrogen) atoms. The molecule has 21 nitrogen and oxygen atoms in total. The smallest absolute Gasteiger partial charge is 0.407 e. The molecule has 390 valence electrons. The van der Waals surface area contributed by atoms with Gasteiger partial charge >= 0.3 is 6.09 Å². The second kappa shape index (κ2) is 21.2. The first-order valence-corrected chi connectivity index (χ1v) is 25.3. The van der Waals surface area contributed by atoms with Gasteiger partial charge in [-0.05, 0) is 155 Å².